The summed E-state index contributed by atoms with van der Waals surface area (Å²) in [6.45, 7) is 4.26. The number of halogens is 2. The molecular formula is C26H29F2N3O3S. The molecule has 1 aliphatic heterocycles. The highest BCUT2D eigenvalue weighted by Gasteiger charge is 2.27. The van der Waals surface area contributed by atoms with E-state index in [1.807, 2.05) is 0 Å². The molecule has 4 rings (SSSR count). The van der Waals surface area contributed by atoms with Crippen molar-refractivity contribution in [2.45, 2.75) is 11.3 Å². The quantitative estimate of drug-likeness (QED) is 0.436. The van der Waals surface area contributed by atoms with E-state index in [1.54, 1.807) is 36.4 Å². The van der Waals surface area contributed by atoms with Gasteiger partial charge in [-0.05, 0) is 67.1 Å². The lowest BCUT2D eigenvalue weighted by Crippen LogP contribution is -2.47. The molecule has 0 N–H and O–H groups in total. The molecule has 0 amide bonds. The zero-order chi connectivity index (χ0) is 24.8. The molecular weight excluding hydrogens is 472 g/mol. The van der Waals surface area contributed by atoms with Crippen LogP contribution in [0.25, 0.3) is 0 Å². The number of anilines is 2. The van der Waals surface area contributed by atoms with Gasteiger partial charge < -0.3 is 9.64 Å². The third-order valence-corrected chi connectivity index (χ3v) is 7.98. The van der Waals surface area contributed by atoms with Crippen LogP contribution in [0.3, 0.4) is 0 Å². The minimum atomic E-state index is -3.93. The Labute approximate surface area is 205 Å². The Kier molecular flexibility index (Phi) is 7.87. The number of hydrogen-bond acceptors (Lipinski definition) is 5. The maximum Gasteiger partial charge on any atom is 0.264 e. The molecule has 3 aromatic carbocycles. The third-order valence-electron chi connectivity index (χ3n) is 6.16. The Morgan fingerprint density at radius 2 is 1.46 bits per heavy atom. The molecule has 0 atom stereocenters. The Morgan fingerprint density at radius 1 is 0.857 bits per heavy atom. The second-order valence-corrected chi connectivity index (χ2v) is 10.2. The summed E-state index contributed by atoms with van der Waals surface area (Å²) in [5.41, 5.74) is 1.44. The van der Waals surface area contributed by atoms with E-state index in [4.69, 9.17) is 4.74 Å². The third kappa shape index (κ3) is 5.91. The number of ether oxygens (including phenoxy) is 1. The van der Waals surface area contributed by atoms with Crippen LogP contribution in [0.15, 0.2) is 77.7 Å². The van der Waals surface area contributed by atoms with Crippen LogP contribution in [0, 0.1) is 11.6 Å². The van der Waals surface area contributed by atoms with Crippen LogP contribution in [0.4, 0.5) is 20.2 Å². The van der Waals surface area contributed by atoms with Crippen LogP contribution in [0.1, 0.15) is 6.42 Å². The number of rotatable bonds is 9. The van der Waals surface area contributed by atoms with Gasteiger partial charge in [-0.25, -0.2) is 17.2 Å². The first kappa shape index (κ1) is 24.9. The van der Waals surface area contributed by atoms with Crippen molar-refractivity contribution in [3.05, 3.63) is 84.4 Å². The molecule has 3 aromatic rings. The number of sulfonamides is 1. The van der Waals surface area contributed by atoms with E-state index in [1.165, 1.54) is 35.7 Å². The number of methoxy groups -OCH3 is 1. The van der Waals surface area contributed by atoms with Crippen molar-refractivity contribution < 1.29 is 21.9 Å². The monoisotopic (exact) mass is 501 g/mol. The molecule has 0 saturated carbocycles. The average Bonchev–Trinajstić information content (AvgIpc) is 2.88. The van der Waals surface area contributed by atoms with E-state index in [2.05, 4.69) is 9.80 Å². The first-order valence-electron chi connectivity index (χ1n) is 11.5. The highest BCUT2D eigenvalue weighted by molar-refractivity contribution is 7.92. The van der Waals surface area contributed by atoms with Crippen molar-refractivity contribution in [3.8, 4) is 5.75 Å². The van der Waals surface area contributed by atoms with E-state index in [0.29, 0.717) is 17.9 Å². The summed E-state index contributed by atoms with van der Waals surface area (Å²) >= 11 is 0. The van der Waals surface area contributed by atoms with Gasteiger partial charge >= 0.3 is 0 Å². The maximum absolute atomic E-state index is 13.5. The molecule has 0 radical (unpaired) electrons. The Morgan fingerprint density at radius 3 is 2.09 bits per heavy atom. The first-order chi connectivity index (χ1) is 16.9. The molecule has 0 aliphatic carbocycles. The largest absolute Gasteiger partial charge is 0.495 e. The molecule has 1 aliphatic rings. The van der Waals surface area contributed by atoms with Gasteiger partial charge in [-0.3, -0.25) is 9.21 Å². The molecule has 0 unspecified atom stereocenters. The normalized spacial score (nSPS) is 14.7. The molecule has 0 spiro atoms. The number of hydrogen-bond donors (Lipinski definition) is 0. The predicted octanol–water partition coefficient (Wildman–Crippen LogP) is 4.38. The van der Waals surface area contributed by atoms with Crippen molar-refractivity contribution in [2.75, 3.05) is 55.6 Å². The minimum Gasteiger partial charge on any atom is -0.495 e. The number of piperazine rings is 1. The summed E-state index contributed by atoms with van der Waals surface area (Å²) in [4.78, 5) is 4.54. The molecule has 1 heterocycles. The second kappa shape index (κ2) is 11.0. The minimum absolute atomic E-state index is 0.0257. The van der Waals surface area contributed by atoms with Crippen molar-refractivity contribution in [2.24, 2.45) is 0 Å². The number of nitrogens with zero attached hydrogens (tertiary/aromatic N) is 3. The Bertz CT molecular complexity index is 1210. The van der Waals surface area contributed by atoms with E-state index >= 15 is 0 Å². The summed E-state index contributed by atoms with van der Waals surface area (Å²) in [6.07, 6.45) is 0.606. The summed E-state index contributed by atoms with van der Waals surface area (Å²) in [5, 5.41) is 0. The van der Waals surface area contributed by atoms with Gasteiger partial charge in [-0.15, -0.1) is 0 Å². The highest BCUT2D eigenvalue weighted by Crippen LogP contribution is 2.32. The number of benzene rings is 3. The maximum atomic E-state index is 13.5. The van der Waals surface area contributed by atoms with Gasteiger partial charge in [0.2, 0.25) is 0 Å². The summed E-state index contributed by atoms with van der Waals surface area (Å²) in [7, 11) is -2.42. The first-order valence-corrected chi connectivity index (χ1v) is 13.0. The summed E-state index contributed by atoms with van der Waals surface area (Å²) in [5.74, 6) is -0.291. The molecule has 0 aromatic heterocycles. The van der Waals surface area contributed by atoms with Crippen LogP contribution in [-0.4, -0.2) is 59.7 Å². The molecule has 1 fully saturated rings. The second-order valence-electron chi connectivity index (χ2n) is 8.36. The van der Waals surface area contributed by atoms with Gasteiger partial charge in [0.1, 0.15) is 17.4 Å². The SMILES string of the molecule is COc1ccccc1N(CCCN1CCN(c2ccc(F)cc2)CC1)S(=O)(=O)c1ccc(F)cc1. The predicted molar refractivity (Wildman–Crippen MR) is 134 cm³/mol. The van der Waals surface area contributed by atoms with Crippen molar-refractivity contribution in [1.29, 1.82) is 0 Å². The molecule has 186 valence electrons. The van der Waals surface area contributed by atoms with E-state index < -0.39 is 15.8 Å². The molecule has 9 heteroatoms. The zero-order valence-electron chi connectivity index (χ0n) is 19.6. The van der Waals surface area contributed by atoms with E-state index in [-0.39, 0.29) is 17.3 Å². The van der Waals surface area contributed by atoms with Gasteiger partial charge in [-0.1, -0.05) is 12.1 Å². The molecule has 1 saturated heterocycles. The Hall–Kier alpha value is -3.17. The fourth-order valence-electron chi connectivity index (χ4n) is 4.26. The topological polar surface area (TPSA) is 53.1 Å². The lowest BCUT2D eigenvalue weighted by Gasteiger charge is -2.36. The standard InChI is InChI=1S/C26H29F2N3O3S/c1-34-26-6-3-2-5-25(26)31(35(32,33)24-13-9-22(28)10-14-24)16-4-15-29-17-19-30(20-18-29)23-11-7-21(27)8-12-23/h2-3,5-14H,4,15-20H2,1H3. The van der Waals surface area contributed by atoms with Crippen molar-refractivity contribution >= 4 is 21.4 Å². The van der Waals surface area contributed by atoms with Crippen LogP contribution >= 0.6 is 0 Å². The summed E-state index contributed by atoms with van der Waals surface area (Å²) in [6, 6.07) is 18.3. The van der Waals surface area contributed by atoms with Gasteiger partial charge in [-0.2, -0.15) is 0 Å². The molecule has 0 bridgehead atoms. The van der Waals surface area contributed by atoms with Crippen molar-refractivity contribution in [3.63, 3.8) is 0 Å². The fourth-order valence-corrected chi connectivity index (χ4v) is 5.77. The molecule has 6 nitrogen and oxygen atoms in total. The average molecular weight is 502 g/mol. The highest BCUT2D eigenvalue weighted by atomic mass is 32.2. The Balaban J connectivity index is 1.43. The van der Waals surface area contributed by atoms with Crippen LogP contribution in [0.5, 0.6) is 5.75 Å². The van der Waals surface area contributed by atoms with Gasteiger partial charge in [0.15, 0.2) is 0 Å². The van der Waals surface area contributed by atoms with Gasteiger partial charge in [0, 0.05) is 45.0 Å². The van der Waals surface area contributed by atoms with E-state index in [0.717, 1.165) is 50.5 Å². The fraction of sp³-hybridized carbons (Fsp3) is 0.308. The van der Waals surface area contributed by atoms with Crippen molar-refractivity contribution in [1.82, 2.24) is 4.90 Å². The van der Waals surface area contributed by atoms with Crippen LogP contribution in [0.2, 0.25) is 0 Å². The zero-order valence-corrected chi connectivity index (χ0v) is 20.4. The lowest BCUT2D eigenvalue weighted by molar-refractivity contribution is 0.256. The van der Waals surface area contributed by atoms with E-state index in [9.17, 15) is 17.2 Å². The lowest BCUT2D eigenvalue weighted by atomic mass is 10.2. The smallest absolute Gasteiger partial charge is 0.264 e. The summed E-state index contributed by atoms with van der Waals surface area (Å²) < 4.78 is 60.4. The number of para-hydroxylation sites is 2. The van der Waals surface area contributed by atoms with Crippen LogP contribution < -0.4 is 13.9 Å². The molecule has 35 heavy (non-hydrogen) atoms. The van der Waals surface area contributed by atoms with Gasteiger partial charge in [0.05, 0.1) is 17.7 Å². The van der Waals surface area contributed by atoms with Gasteiger partial charge in [0.25, 0.3) is 10.0 Å². The van der Waals surface area contributed by atoms with Crippen LogP contribution in [-0.2, 0) is 10.0 Å².